The van der Waals surface area contributed by atoms with Crippen LogP contribution < -0.4 is 21.9 Å². The first-order chi connectivity index (χ1) is 15.1. The van der Waals surface area contributed by atoms with Crippen molar-refractivity contribution < 1.29 is 18.0 Å². The second-order valence-corrected chi connectivity index (χ2v) is 9.20. The van der Waals surface area contributed by atoms with E-state index in [1.165, 1.54) is 12.1 Å². The molecule has 2 amide bonds. The molecule has 0 spiro atoms. The first kappa shape index (κ1) is 21.7. The molecule has 0 fully saturated rings. The minimum absolute atomic E-state index is 0.0429. The standard InChI is InChI=1S/C21H22N6O4S/c1-11(22)21(29)25-13-4-2-12-3-9-16-18(20(23)28)26-27(19(16)17(12)10-13)14-5-7-15(8-6-14)32(24,30)31/h2,4-8,10-11H,3,9,22H2,1H3,(H2,23,28)(H,25,29)(H2,24,30,31). The zero-order valence-corrected chi connectivity index (χ0v) is 18.0. The Bertz CT molecular complexity index is 1340. The molecule has 1 atom stereocenters. The van der Waals surface area contributed by atoms with Crippen molar-refractivity contribution in [1.82, 2.24) is 9.78 Å². The third-order valence-electron chi connectivity index (χ3n) is 5.32. The summed E-state index contributed by atoms with van der Waals surface area (Å²) in [6.07, 6.45) is 1.22. The van der Waals surface area contributed by atoms with Crippen LogP contribution >= 0.6 is 0 Å². The van der Waals surface area contributed by atoms with Crippen LogP contribution in [0, 0.1) is 0 Å². The van der Waals surface area contributed by atoms with Crippen molar-refractivity contribution in [3.8, 4) is 16.9 Å². The van der Waals surface area contributed by atoms with E-state index in [2.05, 4.69) is 10.4 Å². The van der Waals surface area contributed by atoms with Gasteiger partial charge in [-0.25, -0.2) is 18.2 Å². The Labute approximate surface area is 184 Å². The van der Waals surface area contributed by atoms with Crippen LogP contribution in [0.4, 0.5) is 5.69 Å². The van der Waals surface area contributed by atoms with Gasteiger partial charge in [-0.05, 0) is 61.7 Å². The predicted molar refractivity (Wildman–Crippen MR) is 119 cm³/mol. The zero-order chi connectivity index (χ0) is 23.2. The SMILES string of the molecule is CC(N)C(=O)Nc1ccc2c(c1)-c1c(c(C(N)=O)nn1-c1ccc(S(N)(=O)=O)cc1)CC2. The summed E-state index contributed by atoms with van der Waals surface area (Å²) in [4.78, 5) is 24.1. The molecule has 3 aromatic rings. The quantitative estimate of drug-likeness (QED) is 0.440. The second kappa shape index (κ2) is 7.86. The molecule has 1 heterocycles. The summed E-state index contributed by atoms with van der Waals surface area (Å²) in [6, 6.07) is 10.7. The van der Waals surface area contributed by atoms with Crippen molar-refractivity contribution >= 4 is 27.5 Å². The molecule has 1 aliphatic rings. The van der Waals surface area contributed by atoms with Crippen LogP contribution in [0.1, 0.15) is 28.5 Å². The molecule has 2 aromatic carbocycles. The third-order valence-corrected chi connectivity index (χ3v) is 6.25. The highest BCUT2D eigenvalue weighted by molar-refractivity contribution is 7.89. The van der Waals surface area contributed by atoms with E-state index in [4.69, 9.17) is 16.6 Å². The molecule has 0 radical (unpaired) electrons. The highest BCUT2D eigenvalue weighted by Gasteiger charge is 2.28. The fourth-order valence-corrected chi connectivity index (χ4v) is 4.25. The maximum absolute atomic E-state index is 12.1. The summed E-state index contributed by atoms with van der Waals surface area (Å²) >= 11 is 0. The number of hydrogen-bond acceptors (Lipinski definition) is 6. The molecule has 1 unspecified atom stereocenters. The van der Waals surface area contributed by atoms with E-state index < -0.39 is 22.0 Å². The molecule has 11 heteroatoms. The van der Waals surface area contributed by atoms with Crippen molar-refractivity contribution in [2.24, 2.45) is 16.6 Å². The van der Waals surface area contributed by atoms with Gasteiger partial charge in [-0.3, -0.25) is 9.59 Å². The number of aryl methyl sites for hydroxylation is 1. The lowest BCUT2D eigenvalue weighted by molar-refractivity contribution is -0.117. The molecule has 10 nitrogen and oxygen atoms in total. The number of rotatable bonds is 5. The van der Waals surface area contributed by atoms with Gasteiger partial charge >= 0.3 is 0 Å². The molecule has 0 bridgehead atoms. The fourth-order valence-electron chi connectivity index (χ4n) is 3.73. The first-order valence-corrected chi connectivity index (χ1v) is 11.4. The minimum Gasteiger partial charge on any atom is -0.364 e. The number of nitrogens with zero attached hydrogens (tertiary/aromatic N) is 2. The molecule has 0 aliphatic heterocycles. The largest absolute Gasteiger partial charge is 0.364 e. The van der Waals surface area contributed by atoms with Crippen molar-refractivity contribution in [2.45, 2.75) is 30.7 Å². The van der Waals surface area contributed by atoms with Gasteiger partial charge in [0.1, 0.15) is 0 Å². The molecule has 7 N–H and O–H groups in total. The average Bonchev–Trinajstić information content (AvgIpc) is 3.13. The van der Waals surface area contributed by atoms with Crippen LogP contribution in [0.25, 0.3) is 16.9 Å². The van der Waals surface area contributed by atoms with E-state index in [0.717, 1.165) is 11.1 Å². The lowest BCUT2D eigenvalue weighted by Gasteiger charge is -2.20. The highest BCUT2D eigenvalue weighted by Crippen LogP contribution is 2.38. The third kappa shape index (κ3) is 3.88. The van der Waals surface area contributed by atoms with E-state index >= 15 is 0 Å². The summed E-state index contributed by atoms with van der Waals surface area (Å²) in [6.45, 7) is 1.59. The van der Waals surface area contributed by atoms with Crippen LogP contribution in [-0.2, 0) is 27.7 Å². The Balaban J connectivity index is 1.88. The van der Waals surface area contributed by atoms with Gasteiger partial charge in [0.2, 0.25) is 15.9 Å². The smallest absolute Gasteiger partial charge is 0.269 e. The first-order valence-electron chi connectivity index (χ1n) is 9.81. The summed E-state index contributed by atoms with van der Waals surface area (Å²) in [5.41, 5.74) is 15.6. The Hall–Kier alpha value is -3.54. The number of primary amides is 1. The number of primary sulfonamides is 1. The number of aromatic nitrogens is 2. The molecule has 0 saturated carbocycles. The van der Waals surface area contributed by atoms with Crippen LogP contribution in [-0.4, -0.2) is 36.1 Å². The Morgan fingerprint density at radius 3 is 2.41 bits per heavy atom. The van der Waals surface area contributed by atoms with Gasteiger partial charge in [-0.2, -0.15) is 5.10 Å². The number of anilines is 1. The number of carbonyl (C=O) groups excluding carboxylic acids is 2. The van der Waals surface area contributed by atoms with Gasteiger partial charge in [0.05, 0.1) is 22.3 Å². The van der Waals surface area contributed by atoms with Gasteiger partial charge < -0.3 is 16.8 Å². The van der Waals surface area contributed by atoms with Crippen molar-refractivity contribution in [2.75, 3.05) is 5.32 Å². The van der Waals surface area contributed by atoms with E-state index in [1.807, 2.05) is 6.07 Å². The summed E-state index contributed by atoms with van der Waals surface area (Å²) in [5.74, 6) is -0.989. The summed E-state index contributed by atoms with van der Waals surface area (Å²) in [7, 11) is -3.85. The summed E-state index contributed by atoms with van der Waals surface area (Å²) in [5, 5.41) is 12.4. The number of amides is 2. The molecular weight excluding hydrogens is 432 g/mol. The number of carbonyl (C=O) groups is 2. The van der Waals surface area contributed by atoms with Crippen LogP contribution in [0.2, 0.25) is 0 Å². The molecule has 166 valence electrons. The number of nitrogens with one attached hydrogen (secondary N) is 1. The maximum atomic E-state index is 12.1. The van der Waals surface area contributed by atoms with Gasteiger partial charge in [0, 0.05) is 16.8 Å². The topological polar surface area (TPSA) is 176 Å². The molecule has 0 saturated heterocycles. The van der Waals surface area contributed by atoms with Gasteiger partial charge in [0.15, 0.2) is 5.69 Å². The number of fused-ring (bicyclic) bond motifs is 3. The predicted octanol–water partition coefficient (Wildman–Crippen LogP) is 0.670. The number of nitrogens with two attached hydrogens (primary N) is 3. The number of hydrogen-bond donors (Lipinski definition) is 4. The van der Waals surface area contributed by atoms with Crippen LogP contribution in [0.15, 0.2) is 47.4 Å². The molecular formula is C21H22N6O4S. The van der Waals surface area contributed by atoms with Gasteiger partial charge in [-0.1, -0.05) is 6.07 Å². The zero-order valence-electron chi connectivity index (χ0n) is 17.2. The molecule has 1 aromatic heterocycles. The minimum atomic E-state index is -3.85. The number of sulfonamides is 1. The van der Waals surface area contributed by atoms with E-state index in [-0.39, 0.29) is 16.5 Å². The molecule has 1 aliphatic carbocycles. The summed E-state index contributed by atoms with van der Waals surface area (Å²) < 4.78 is 24.7. The van der Waals surface area contributed by atoms with Gasteiger partial charge in [-0.15, -0.1) is 0 Å². The monoisotopic (exact) mass is 454 g/mol. The molecule has 32 heavy (non-hydrogen) atoms. The van der Waals surface area contributed by atoms with Crippen molar-refractivity contribution in [1.29, 1.82) is 0 Å². The van der Waals surface area contributed by atoms with Crippen LogP contribution in [0.3, 0.4) is 0 Å². The average molecular weight is 455 g/mol. The Morgan fingerprint density at radius 2 is 1.81 bits per heavy atom. The molecule has 4 rings (SSSR count). The number of benzene rings is 2. The highest BCUT2D eigenvalue weighted by atomic mass is 32.2. The van der Waals surface area contributed by atoms with E-state index in [1.54, 1.807) is 35.9 Å². The lowest BCUT2D eigenvalue weighted by Crippen LogP contribution is -2.32. The Kier molecular flexibility index (Phi) is 5.33. The van der Waals surface area contributed by atoms with Crippen molar-refractivity contribution in [3.05, 3.63) is 59.3 Å². The lowest BCUT2D eigenvalue weighted by atomic mass is 9.88. The van der Waals surface area contributed by atoms with Gasteiger partial charge in [0.25, 0.3) is 5.91 Å². The second-order valence-electron chi connectivity index (χ2n) is 7.64. The Morgan fingerprint density at radius 1 is 1.12 bits per heavy atom. The van der Waals surface area contributed by atoms with Crippen LogP contribution in [0.5, 0.6) is 0 Å². The normalized spacial score (nSPS) is 13.7. The fraction of sp³-hybridized carbons (Fsp3) is 0.190. The van der Waals surface area contributed by atoms with Crippen molar-refractivity contribution in [3.63, 3.8) is 0 Å². The van der Waals surface area contributed by atoms with E-state index in [0.29, 0.717) is 35.5 Å². The maximum Gasteiger partial charge on any atom is 0.269 e. The van der Waals surface area contributed by atoms with E-state index in [9.17, 15) is 18.0 Å².